The molecular formula is C19H34O6S. The second-order valence-electron chi connectivity index (χ2n) is 9.67. The van der Waals surface area contributed by atoms with Gasteiger partial charge in [0.05, 0.1) is 12.2 Å². The second kappa shape index (κ2) is 6.99. The van der Waals surface area contributed by atoms with Crippen LogP contribution in [0.25, 0.3) is 0 Å². The Morgan fingerprint density at radius 1 is 0.808 bits per heavy atom. The lowest BCUT2D eigenvalue weighted by Crippen LogP contribution is -2.54. The Morgan fingerprint density at radius 2 is 1.38 bits per heavy atom. The fourth-order valence-corrected chi connectivity index (χ4v) is 7.21. The predicted octanol–water partition coefficient (Wildman–Crippen LogP) is 3.10. The van der Waals surface area contributed by atoms with Crippen molar-refractivity contribution in [1.82, 2.24) is 0 Å². The van der Waals surface area contributed by atoms with Crippen LogP contribution in [-0.2, 0) is 10.4 Å². The van der Waals surface area contributed by atoms with Gasteiger partial charge in [0.15, 0.2) is 0 Å². The minimum atomic E-state index is -4.67. The third kappa shape index (κ3) is 3.70. The molecule has 0 aromatic rings. The van der Waals surface area contributed by atoms with Crippen molar-refractivity contribution in [2.45, 2.75) is 83.8 Å². The topological polar surface area (TPSA) is 115 Å². The lowest BCUT2D eigenvalue weighted by molar-refractivity contribution is -0.133. The van der Waals surface area contributed by atoms with E-state index >= 15 is 0 Å². The van der Waals surface area contributed by atoms with E-state index in [1.165, 1.54) is 38.5 Å². The van der Waals surface area contributed by atoms with Gasteiger partial charge in [-0.05, 0) is 92.3 Å². The van der Waals surface area contributed by atoms with Gasteiger partial charge in [0.1, 0.15) is 0 Å². The van der Waals surface area contributed by atoms with Crippen LogP contribution in [0.2, 0.25) is 0 Å². The molecule has 0 aromatic carbocycles. The van der Waals surface area contributed by atoms with E-state index in [9.17, 15) is 10.2 Å². The van der Waals surface area contributed by atoms with Crippen molar-refractivity contribution in [3.63, 3.8) is 0 Å². The lowest BCUT2D eigenvalue weighted by Gasteiger charge is -2.60. The summed E-state index contributed by atoms with van der Waals surface area (Å²) in [4.78, 5) is 0. The van der Waals surface area contributed by atoms with E-state index in [1.807, 2.05) is 0 Å². The summed E-state index contributed by atoms with van der Waals surface area (Å²) < 4.78 is 31.6. The molecule has 7 heteroatoms. The van der Waals surface area contributed by atoms with Crippen molar-refractivity contribution in [3.8, 4) is 0 Å². The predicted molar refractivity (Wildman–Crippen MR) is 97.9 cm³/mol. The fraction of sp³-hybridized carbons (Fsp3) is 1.00. The van der Waals surface area contributed by atoms with E-state index in [0.717, 1.165) is 42.9 Å². The molecule has 0 spiro atoms. The highest BCUT2D eigenvalue weighted by atomic mass is 32.3. The Balaban J connectivity index is 0.000000349. The molecule has 4 N–H and O–H groups in total. The highest BCUT2D eigenvalue weighted by Crippen LogP contribution is 2.66. The molecule has 0 amide bonds. The molecular weight excluding hydrogens is 356 g/mol. The molecule has 26 heavy (non-hydrogen) atoms. The first-order valence-corrected chi connectivity index (χ1v) is 11.4. The number of hydrogen-bond donors (Lipinski definition) is 4. The molecule has 0 aromatic heterocycles. The molecule has 0 aliphatic heterocycles. The largest absolute Gasteiger partial charge is 0.394 e. The molecule has 0 bridgehead atoms. The van der Waals surface area contributed by atoms with E-state index < -0.39 is 10.4 Å². The van der Waals surface area contributed by atoms with Gasteiger partial charge in [-0.25, -0.2) is 0 Å². The minimum absolute atomic E-state index is 0.0400. The molecule has 4 rings (SSSR count). The SMILES string of the molecule is C[C@]12CC[C@@H](O)C[C@@H]1CC[C@@H]1[C@@H]2CC[C@]2(C)[C@H](O)CC[C@@H]12.O=S(=O)(O)O. The van der Waals surface area contributed by atoms with Crippen LogP contribution in [0.15, 0.2) is 0 Å². The van der Waals surface area contributed by atoms with Crippen molar-refractivity contribution in [2.75, 3.05) is 0 Å². The van der Waals surface area contributed by atoms with E-state index in [0.29, 0.717) is 5.41 Å². The highest BCUT2D eigenvalue weighted by molar-refractivity contribution is 7.79. The van der Waals surface area contributed by atoms with Crippen molar-refractivity contribution in [1.29, 1.82) is 0 Å². The minimum Gasteiger partial charge on any atom is -0.393 e. The van der Waals surface area contributed by atoms with Crippen LogP contribution in [-0.4, -0.2) is 39.9 Å². The summed E-state index contributed by atoms with van der Waals surface area (Å²) >= 11 is 0. The molecule has 8 atom stereocenters. The normalized spacial score (nSPS) is 50.7. The van der Waals surface area contributed by atoms with Crippen LogP contribution in [0, 0.1) is 34.5 Å². The molecule has 4 fully saturated rings. The molecule has 4 saturated carbocycles. The number of fused-ring (bicyclic) bond motifs is 5. The van der Waals surface area contributed by atoms with Gasteiger partial charge in [-0.15, -0.1) is 0 Å². The molecule has 4 aliphatic carbocycles. The molecule has 0 saturated heterocycles. The Bertz CT molecular complexity index is 614. The van der Waals surface area contributed by atoms with Crippen LogP contribution in [0.3, 0.4) is 0 Å². The van der Waals surface area contributed by atoms with E-state index in [4.69, 9.17) is 17.5 Å². The van der Waals surface area contributed by atoms with Gasteiger partial charge in [-0.2, -0.15) is 8.42 Å². The zero-order valence-corrected chi connectivity index (χ0v) is 16.7. The Hall–Kier alpha value is -0.210. The van der Waals surface area contributed by atoms with Gasteiger partial charge in [-0.1, -0.05) is 13.8 Å². The number of aliphatic hydroxyl groups excluding tert-OH is 2. The Morgan fingerprint density at radius 3 is 2.04 bits per heavy atom. The van der Waals surface area contributed by atoms with Gasteiger partial charge in [0.2, 0.25) is 0 Å². The van der Waals surface area contributed by atoms with Crippen LogP contribution >= 0.6 is 0 Å². The first kappa shape index (κ1) is 20.5. The first-order valence-electron chi connectivity index (χ1n) is 10.0. The standard InChI is InChI=1S/C19H32O2.H2O4S/c1-18-9-7-13(20)11-12(18)3-4-14-15-5-6-17(21)19(15,2)10-8-16(14)18;1-5(2,3)4/h12-17,20-21H,3-11H2,1-2H3;(H2,1,2,3,4)/t12-,13+,14-,15-,16-,17+,18-,19-;/m0./s1. The van der Waals surface area contributed by atoms with Gasteiger partial charge >= 0.3 is 10.4 Å². The van der Waals surface area contributed by atoms with Crippen LogP contribution in [0.1, 0.15) is 71.6 Å². The quantitative estimate of drug-likeness (QED) is 0.473. The van der Waals surface area contributed by atoms with Crippen LogP contribution in [0.5, 0.6) is 0 Å². The fourth-order valence-electron chi connectivity index (χ4n) is 7.21. The third-order valence-electron chi connectivity index (χ3n) is 8.59. The zero-order chi connectivity index (χ0) is 19.3. The summed E-state index contributed by atoms with van der Waals surface area (Å²) in [5.41, 5.74) is 0.676. The summed E-state index contributed by atoms with van der Waals surface area (Å²) in [6, 6.07) is 0. The van der Waals surface area contributed by atoms with Crippen LogP contribution < -0.4 is 0 Å². The van der Waals surface area contributed by atoms with E-state index in [2.05, 4.69) is 13.8 Å². The van der Waals surface area contributed by atoms with Crippen molar-refractivity contribution < 1.29 is 27.7 Å². The maximum Gasteiger partial charge on any atom is 0.394 e. The number of aliphatic hydroxyl groups is 2. The molecule has 0 unspecified atom stereocenters. The summed E-state index contributed by atoms with van der Waals surface area (Å²) in [7, 11) is -4.67. The number of hydrogen-bond acceptors (Lipinski definition) is 4. The monoisotopic (exact) mass is 390 g/mol. The summed E-state index contributed by atoms with van der Waals surface area (Å²) in [5.74, 6) is 3.21. The van der Waals surface area contributed by atoms with Gasteiger partial charge < -0.3 is 10.2 Å². The van der Waals surface area contributed by atoms with Gasteiger partial charge in [0, 0.05) is 0 Å². The molecule has 0 radical (unpaired) electrons. The summed E-state index contributed by atoms with van der Waals surface area (Å²) in [5, 5.41) is 20.5. The van der Waals surface area contributed by atoms with Crippen LogP contribution in [0.4, 0.5) is 0 Å². The zero-order valence-electron chi connectivity index (χ0n) is 15.8. The smallest absolute Gasteiger partial charge is 0.393 e. The van der Waals surface area contributed by atoms with Crippen molar-refractivity contribution >= 4 is 10.4 Å². The average Bonchev–Trinajstić information content (AvgIpc) is 2.82. The number of rotatable bonds is 0. The van der Waals surface area contributed by atoms with E-state index in [1.54, 1.807) is 0 Å². The summed E-state index contributed by atoms with van der Waals surface area (Å²) in [6.07, 6.45) is 10.7. The Labute approximate surface area is 157 Å². The molecule has 4 aliphatic rings. The molecule has 152 valence electrons. The maximum absolute atomic E-state index is 10.5. The summed E-state index contributed by atoms with van der Waals surface area (Å²) in [6.45, 7) is 4.90. The second-order valence-corrected chi connectivity index (χ2v) is 10.6. The highest BCUT2D eigenvalue weighted by Gasteiger charge is 2.59. The molecule has 0 heterocycles. The van der Waals surface area contributed by atoms with Crippen molar-refractivity contribution in [2.24, 2.45) is 34.5 Å². The lowest BCUT2D eigenvalue weighted by atomic mass is 9.45. The maximum atomic E-state index is 10.5. The first-order chi connectivity index (χ1) is 11.9. The van der Waals surface area contributed by atoms with E-state index in [-0.39, 0.29) is 17.6 Å². The Kier molecular flexibility index (Phi) is 5.52. The van der Waals surface area contributed by atoms with Gasteiger partial charge in [-0.3, -0.25) is 9.11 Å². The third-order valence-corrected chi connectivity index (χ3v) is 8.59. The molecule has 6 nitrogen and oxygen atoms in total. The van der Waals surface area contributed by atoms with Crippen molar-refractivity contribution in [3.05, 3.63) is 0 Å². The van der Waals surface area contributed by atoms with Gasteiger partial charge in [0.25, 0.3) is 0 Å². The average molecular weight is 391 g/mol.